The van der Waals surface area contributed by atoms with Gasteiger partial charge in [-0.2, -0.15) is 0 Å². The molecule has 2 aliphatic rings. The summed E-state index contributed by atoms with van der Waals surface area (Å²) in [6, 6.07) is 0. The standard InChI is InChI=1S/C19H28N4O2/c1-14(2)18(25)22-8-4-6-19(12-22)7-5-17(24)23(13-19)11-16-10-20-15(3)9-21-16/h9-10,14H,4-8,11-13H2,1-3H3/t19-/m0/s1. The number of aromatic nitrogens is 2. The Morgan fingerprint density at radius 1 is 1.24 bits per heavy atom. The molecular weight excluding hydrogens is 316 g/mol. The van der Waals surface area contributed by atoms with Gasteiger partial charge in [-0.3, -0.25) is 19.6 Å². The van der Waals surface area contributed by atoms with Crippen molar-refractivity contribution in [3.63, 3.8) is 0 Å². The van der Waals surface area contributed by atoms with E-state index in [4.69, 9.17) is 0 Å². The predicted octanol–water partition coefficient (Wildman–Crippen LogP) is 2.17. The fraction of sp³-hybridized carbons (Fsp3) is 0.684. The van der Waals surface area contributed by atoms with Gasteiger partial charge in [-0.15, -0.1) is 0 Å². The van der Waals surface area contributed by atoms with Crippen LogP contribution in [-0.4, -0.2) is 51.2 Å². The van der Waals surface area contributed by atoms with Gasteiger partial charge < -0.3 is 9.80 Å². The van der Waals surface area contributed by atoms with Gasteiger partial charge in [0.05, 0.1) is 24.1 Å². The highest BCUT2D eigenvalue weighted by atomic mass is 16.2. The number of carbonyl (C=O) groups is 2. The first-order chi connectivity index (χ1) is 11.9. The van der Waals surface area contributed by atoms with Gasteiger partial charge in [0.15, 0.2) is 0 Å². The van der Waals surface area contributed by atoms with E-state index in [0.717, 1.165) is 43.7 Å². The number of nitrogens with zero attached hydrogens (tertiary/aromatic N) is 4. The van der Waals surface area contributed by atoms with Crippen LogP contribution >= 0.6 is 0 Å². The van der Waals surface area contributed by atoms with Gasteiger partial charge in [0, 0.05) is 43.6 Å². The molecule has 2 aliphatic heterocycles. The molecule has 2 amide bonds. The third-order valence-corrected chi connectivity index (χ3v) is 5.40. The Labute approximate surface area is 149 Å². The number of amides is 2. The summed E-state index contributed by atoms with van der Waals surface area (Å²) in [5.74, 6) is 0.437. The Morgan fingerprint density at radius 2 is 2.04 bits per heavy atom. The van der Waals surface area contributed by atoms with Crippen molar-refractivity contribution in [2.45, 2.75) is 53.0 Å². The minimum Gasteiger partial charge on any atom is -0.342 e. The summed E-state index contributed by atoms with van der Waals surface area (Å²) in [5, 5.41) is 0. The molecule has 1 spiro atoms. The quantitative estimate of drug-likeness (QED) is 0.843. The van der Waals surface area contributed by atoms with E-state index in [2.05, 4.69) is 9.97 Å². The summed E-state index contributed by atoms with van der Waals surface area (Å²) in [6.07, 6.45) is 7.03. The first-order valence-electron chi connectivity index (χ1n) is 9.23. The molecule has 6 nitrogen and oxygen atoms in total. The van der Waals surface area contributed by atoms with Crippen molar-refractivity contribution in [3.05, 3.63) is 23.8 Å². The average molecular weight is 344 g/mol. The van der Waals surface area contributed by atoms with E-state index in [1.54, 1.807) is 12.4 Å². The molecule has 0 unspecified atom stereocenters. The van der Waals surface area contributed by atoms with Crippen molar-refractivity contribution >= 4 is 11.8 Å². The molecule has 0 saturated carbocycles. The molecule has 0 aromatic carbocycles. The second kappa shape index (κ2) is 7.10. The molecule has 0 N–H and O–H groups in total. The summed E-state index contributed by atoms with van der Waals surface area (Å²) >= 11 is 0. The molecule has 25 heavy (non-hydrogen) atoms. The number of likely N-dealkylation sites (tertiary alicyclic amines) is 2. The highest BCUT2D eigenvalue weighted by Gasteiger charge is 2.42. The number of aryl methyl sites for hydroxylation is 1. The van der Waals surface area contributed by atoms with E-state index in [-0.39, 0.29) is 23.1 Å². The van der Waals surface area contributed by atoms with Crippen molar-refractivity contribution in [2.24, 2.45) is 11.3 Å². The van der Waals surface area contributed by atoms with Gasteiger partial charge in [0.1, 0.15) is 0 Å². The second-order valence-electron chi connectivity index (χ2n) is 7.92. The van der Waals surface area contributed by atoms with E-state index < -0.39 is 0 Å². The third kappa shape index (κ3) is 3.99. The van der Waals surface area contributed by atoms with Gasteiger partial charge in [-0.05, 0) is 26.2 Å². The largest absolute Gasteiger partial charge is 0.342 e. The zero-order valence-electron chi connectivity index (χ0n) is 15.5. The van der Waals surface area contributed by atoms with E-state index in [1.807, 2.05) is 30.6 Å². The maximum atomic E-state index is 12.4. The molecule has 6 heteroatoms. The number of piperidine rings is 2. The van der Waals surface area contributed by atoms with Crippen molar-refractivity contribution in [1.82, 2.24) is 19.8 Å². The third-order valence-electron chi connectivity index (χ3n) is 5.40. The van der Waals surface area contributed by atoms with Crippen LogP contribution in [0, 0.1) is 18.3 Å². The number of hydrogen-bond donors (Lipinski definition) is 0. The maximum Gasteiger partial charge on any atom is 0.225 e. The van der Waals surface area contributed by atoms with Crippen LogP contribution in [0.25, 0.3) is 0 Å². The Morgan fingerprint density at radius 3 is 2.72 bits per heavy atom. The van der Waals surface area contributed by atoms with Gasteiger partial charge >= 0.3 is 0 Å². The SMILES string of the molecule is Cc1cnc(CN2C[C@@]3(CCCN(C(=O)C(C)C)C3)CCC2=O)cn1. The van der Waals surface area contributed by atoms with Crippen LogP contribution in [0.15, 0.2) is 12.4 Å². The number of rotatable bonds is 3. The molecule has 0 radical (unpaired) electrons. The van der Waals surface area contributed by atoms with Crippen LogP contribution < -0.4 is 0 Å². The fourth-order valence-electron chi connectivity index (χ4n) is 4.04. The molecule has 2 saturated heterocycles. The summed E-state index contributed by atoms with van der Waals surface area (Å²) in [7, 11) is 0. The molecular formula is C19H28N4O2. The first-order valence-corrected chi connectivity index (χ1v) is 9.23. The molecule has 2 fully saturated rings. The van der Waals surface area contributed by atoms with Crippen LogP contribution in [0.3, 0.4) is 0 Å². The normalized spacial score (nSPS) is 24.2. The molecule has 1 aromatic heterocycles. The molecule has 1 aromatic rings. The highest BCUT2D eigenvalue weighted by Crippen LogP contribution is 2.39. The minimum atomic E-state index is 0.0271. The molecule has 3 rings (SSSR count). The molecule has 136 valence electrons. The van der Waals surface area contributed by atoms with Crippen molar-refractivity contribution in [2.75, 3.05) is 19.6 Å². The molecule has 0 bridgehead atoms. The van der Waals surface area contributed by atoms with Gasteiger partial charge in [-0.25, -0.2) is 0 Å². The van der Waals surface area contributed by atoms with E-state index in [1.165, 1.54) is 0 Å². The topological polar surface area (TPSA) is 66.4 Å². The van der Waals surface area contributed by atoms with E-state index in [9.17, 15) is 9.59 Å². The Hall–Kier alpha value is -1.98. The first kappa shape index (κ1) is 17.8. The summed E-state index contributed by atoms with van der Waals surface area (Å²) in [5.41, 5.74) is 1.73. The predicted molar refractivity (Wildman–Crippen MR) is 94.5 cm³/mol. The van der Waals surface area contributed by atoms with Crippen molar-refractivity contribution in [3.8, 4) is 0 Å². The molecule has 3 heterocycles. The van der Waals surface area contributed by atoms with E-state index in [0.29, 0.717) is 19.5 Å². The van der Waals surface area contributed by atoms with Gasteiger partial charge in [0.2, 0.25) is 11.8 Å². The maximum absolute atomic E-state index is 12.4. The number of hydrogen-bond acceptors (Lipinski definition) is 4. The van der Waals surface area contributed by atoms with Gasteiger partial charge in [-0.1, -0.05) is 13.8 Å². The van der Waals surface area contributed by atoms with Crippen LogP contribution in [0.1, 0.15) is 50.9 Å². The Balaban J connectivity index is 1.71. The highest BCUT2D eigenvalue weighted by molar-refractivity contribution is 5.79. The van der Waals surface area contributed by atoms with Crippen LogP contribution in [0.2, 0.25) is 0 Å². The zero-order valence-corrected chi connectivity index (χ0v) is 15.5. The van der Waals surface area contributed by atoms with Crippen LogP contribution in [0.5, 0.6) is 0 Å². The summed E-state index contributed by atoms with van der Waals surface area (Å²) in [6.45, 7) is 8.64. The van der Waals surface area contributed by atoms with Crippen molar-refractivity contribution in [1.29, 1.82) is 0 Å². The Kier molecular flexibility index (Phi) is 5.06. The van der Waals surface area contributed by atoms with Gasteiger partial charge in [0.25, 0.3) is 0 Å². The molecule has 1 atom stereocenters. The monoisotopic (exact) mass is 344 g/mol. The second-order valence-corrected chi connectivity index (χ2v) is 7.92. The lowest BCUT2D eigenvalue weighted by Crippen LogP contribution is -2.55. The Bertz CT molecular complexity index is 643. The number of carbonyl (C=O) groups excluding carboxylic acids is 2. The van der Waals surface area contributed by atoms with Crippen LogP contribution in [0.4, 0.5) is 0 Å². The molecule has 0 aliphatic carbocycles. The summed E-state index contributed by atoms with van der Waals surface area (Å²) in [4.78, 5) is 37.4. The lowest BCUT2D eigenvalue weighted by atomic mass is 9.73. The fourth-order valence-corrected chi connectivity index (χ4v) is 4.04. The smallest absolute Gasteiger partial charge is 0.225 e. The van der Waals surface area contributed by atoms with Crippen molar-refractivity contribution < 1.29 is 9.59 Å². The summed E-state index contributed by atoms with van der Waals surface area (Å²) < 4.78 is 0. The zero-order chi connectivity index (χ0) is 18.0. The minimum absolute atomic E-state index is 0.0271. The lowest BCUT2D eigenvalue weighted by molar-refractivity contribution is -0.145. The lowest BCUT2D eigenvalue weighted by Gasteiger charge is -2.48. The average Bonchev–Trinajstić information content (AvgIpc) is 2.60. The van der Waals surface area contributed by atoms with E-state index >= 15 is 0 Å². The van der Waals surface area contributed by atoms with Crippen LogP contribution in [-0.2, 0) is 16.1 Å².